The maximum atomic E-state index is 13.1. The fraction of sp³-hybridized carbons (Fsp3) is 0.150. The molecule has 4 rings (SSSR count). The van der Waals surface area contributed by atoms with Gasteiger partial charge in [-0.2, -0.15) is 0 Å². The van der Waals surface area contributed by atoms with Gasteiger partial charge in [0.1, 0.15) is 6.04 Å². The second-order valence-corrected chi connectivity index (χ2v) is 7.61. The number of amides is 4. The highest BCUT2D eigenvalue weighted by Gasteiger charge is 2.49. The lowest BCUT2D eigenvalue weighted by Crippen LogP contribution is -2.65. The first-order valence-electron chi connectivity index (χ1n) is 8.76. The van der Waals surface area contributed by atoms with Gasteiger partial charge in [-0.25, -0.2) is 9.69 Å². The van der Waals surface area contributed by atoms with E-state index in [1.54, 1.807) is 66.7 Å². The van der Waals surface area contributed by atoms with Crippen molar-refractivity contribution in [3.63, 3.8) is 0 Å². The van der Waals surface area contributed by atoms with E-state index in [0.29, 0.717) is 27.0 Å². The third kappa shape index (κ3) is 3.54. The van der Waals surface area contributed by atoms with E-state index in [9.17, 15) is 14.4 Å². The van der Waals surface area contributed by atoms with E-state index in [0.717, 1.165) is 4.90 Å². The Morgan fingerprint density at radius 2 is 1.59 bits per heavy atom. The Kier molecular flexibility index (Phi) is 4.94. The van der Waals surface area contributed by atoms with Crippen LogP contribution in [-0.2, 0) is 9.59 Å². The van der Waals surface area contributed by atoms with Crippen LogP contribution < -0.4 is 15.5 Å². The average molecular weight is 431 g/mol. The van der Waals surface area contributed by atoms with Crippen molar-refractivity contribution in [2.24, 2.45) is 0 Å². The summed E-state index contributed by atoms with van der Waals surface area (Å²) < 4.78 is 0. The van der Waals surface area contributed by atoms with E-state index < -0.39 is 29.9 Å². The van der Waals surface area contributed by atoms with Gasteiger partial charge in [0.05, 0.1) is 17.3 Å². The Hall–Kier alpha value is -3.03. The predicted octanol–water partition coefficient (Wildman–Crippen LogP) is 3.25. The van der Waals surface area contributed by atoms with Crippen LogP contribution >= 0.6 is 23.2 Å². The van der Waals surface area contributed by atoms with Crippen molar-refractivity contribution >= 4 is 52.4 Å². The molecule has 2 N–H and O–H groups in total. The van der Waals surface area contributed by atoms with E-state index in [-0.39, 0.29) is 0 Å². The van der Waals surface area contributed by atoms with E-state index in [1.807, 2.05) is 0 Å². The van der Waals surface area contributed by atoms with Crippen LogP contribution in [0, 0.1) is 0 Å². The number of benzene rings is 2. The third-order valence-electron chi connectivity index (χ3n) is 4.84. The number of fused-ring (bicyclic) bond motifs is 1. The molecular weight excluding hydrogens is 415 g/mol. The van der Waals surface area contributed by atoms with Crippen molar-refractivity contribution in [1.29, 1.82) is 0 Å². The summed E-state index contributed by atoms with van der Waals surface area (Å²) in [6.45, 7) is 0. The fourth-order valence-electron chi connectivity index (χ4n) is 3.46. The van der Waals surface area contributed by atoms with Crippen LogP contribution in [0.2, 0.25) is 10.0 Å². The van der Waals surface area contributed by atoms with Crippen LogP contribution in [-0.4, -0.2) is 41.9 Å². The summed E-state index contributed by atoms with van der Waals surface area (Å²) in [4.78, 5) is 41.2. The lowest BCUT2D eigenvalue weighted by molar-refractivity contribution is -0.122. The molecule has 2 aliphatic heterocycles. The van der Waals surface area contributed by atoms with Crippen molar-refractivity contribution in [3.8, 4) is 0 Å². The normalized spacial score (nSPS) is 20.9. The van der Waals surface area contributed by atoms with Gasteiger partial charge in [-0.3, -0.25) is 9.59 Å². The largest absolute Gasteiger partial charge is 0.366 e. The molecule has 0 spiro atoms. The van der Waals surface area contributed by atoms with Crippen molar-refractivity contribution < 1.29 is 14.4 Å². The van der Waals surface area contributed by atoms with Crippen LogP contribution in [0.4, 0.5) is 16.2 Å². The van der Waals surface area contributed by atoms with Gasteiger partial charge >= 0.3 is 6.03 Å². The van der Waals surface area contributed by atoms with Crippen LogP contribution in [0.3, 0.4) is 0 Å². The Morgan fingerprint density at radius 3 is 2.21 bits per heavy atom. The number of rotatable bonds is 3. The first-order valence-corrected chi connectivity index (χ1v) is 9.51. The van der Waals surface area contributed by atoms with Gasteiger partial charge in [0.2, 0.25) is 0 Å². The molecule has 4 amide bonds. The summed E-state index contributed by atoms with van der Waals surface area (Å²) in [5.74, 6) is -0.825. The number of nitrogens with one attached hydrogen (secondary N) is 2. The van der Waals surface area contributed by atoms with Crippen molar-refractivity contribution in [2.45, 2.75) is 12.1 Å². The van der Waals surface area contributed by atoms with E-state index in [2.05, 4.69) is 10.6 Å². The lowest BCUT2D eigenvalue weighted by Gasteiger charge is -2.37. The number of imide groups is 1. The minimum atomic E-state index is -0.754. The Bertz CT molecular complexity index is 1020. The zero-order chi connectivity index (χ0) is 20.7. The SMILES string of the molecule is CN1C=C(C(=O)Nc2ccc(Cl)cc2)C2NC(=O)N(c3ccc(Cl)cc3)C(=O)C21. The summed E-state index contributed by atoms with van der Waals surface area (Å²) >= 11 is 11.8. The van der Waals surface area contributed by atoms with Gasteiger partial charge in [-0.05, 0) is 48.5 Å². The molecule has 2 aromatic carbocycles. The monoisotopic (exact) mass is 430 g/mol. The molecule has 2 aromatic rings. The van der Waals surface area contributed by atoms with E-state index >= 15 is 0 Å². The van der Waals surface area contributed by atoms with Crippen LogP contribution in [0.1, 0.15) is 0 Å². The molecule has 7 nitrogen and oxygen atoms in total. The van der Waals surface area contributed by atoms with Crippen LogP contribution in [0.5, 0.6) is 0 Å². The van der Waals surface area contributed by atoms with Gasteiger partial charge in [-0.1, -0.05) is 23.2 Å². The quantitative estimate of drug-likeness (QED) is 0.782. The summed E-state index contributed by atoms with van der Waals surface area (Å²) in [6.07, 6.45) is 1.57. The Morgan fingerprint density at radius 1 is 1.00 bits per heavy atom. The minimum absolute atomic E-state index is 0.296. The molecule has 0 aromatic heterocycles. The average Bonchev–Trinajstić information content (AvgIpc) is 3.01. The maximum absolute atomic E-state index is 13.1. The standard InChI is InChI=1S/C20H16Cl2N4O3/c1-25-10-15(18(27)23-13-6-2-11(21)3-7-13)16-17(25)19(28)26(20(29)24-16)14-8-4-12(22)5-9-14/h2-10,16-17H,1H3,(H,23,27)(H,24,29). The van der Waals surface area contributed by atoms with E-state index in [4.69, 9.17) is 23.2 Å². The number of carbonyl (C=O) groups is 3. The number of hydrogen-bond acceptors (Lipinski definition) is 4. The van der Waals surface area contributed by atoms with E-state index in [1.165, 1.54) is 0 Å². The molecule has 0 radical (unpaired) electrons. The van der Waals surface area contributed by atoms with Gasteiger partial charge in [0, 0.05) is 29.0 Å². The number of likely N-dealkylation sites (N-methyl/N-ethyl adjacent to an activating group) is 1. The number of urea groups is 1. The molecule has 0 aliphatic carbocycles. The predicted molar refractivity (Wildman–Crippen MR) is 111 cm³/mol. The zero-order valence-corrected chi connectivity index (χ0v) is 16.7. The Balaban J connectivity index is 1.56. The van der Waals surface area contributed by atoms with Crippen molar-refractivity contribution in [3.05, 3.63) is 70.3 Å². The van der Waals surface area contributed by atoms with Gasteiger partial charge in [-0.15, -0.1) is 0 Å². The summed E-state index contributed by atoms with van der Waals surface area (Å²) in [7, 11) is 1.69. The number of carbonyl (C=O) groups excluding carboxylic acids is 3. The molecule has 2 heterocycles. The molecular formula is C20H16Cl2N4O3. The van der Waals surface area contributed by atoms with Gasteiger partial charge < -0.3 is 15.5 Å². The maximum Gasteiger partial charge on any atom is 0.329 e. The van der Waals surface area contributed by atoms with Crippen LogP contribution in [0.15, 0.2) is 60.3 Å². The van der Waals surface area contributed by atoms with Crippen molar-refractivity contribution in [1.82, 2.24) is 10.2 Å². The number of nitrogens with zero attached hydrogens (tertiary/aromatic N) is 2. The number of anilines is 2. The molecule has 148 valence electrons. The van der Waals surface area contributed by atoms with Gasteiger partial charge in [0.25, 0.3) is 11.8 Å². The highest BCUT2D eigenvalue weighted by atomic mass is 35.5. The molecule has 29 heavy (non-hydrogen) atoms. The molecule has 9 heteroatoms. The molecule has 2 unspecified atom stereocenters. The zero-order valence-electron chi connectivity index (χ0n) is 15.2. The fourth-order valence-corrected chi connectivity index (χ4v) is 3.71. The lowest BCUT2D eigenvalue weighted by atomic mass is 9.99. The topological polar surface area (TPSA) is 81.8 Å². The highest BCUT2D eigenvalue weighted by Crippen LogP contribution is 2.30. The van der Waals surface area contributed by atoms with Gasteiger partial charge in [0.15, 0.2) is 0 Å². The summed E-state index contributed by atoms with van der Waals surface area (Å²) in [6, 6.07) is 11.0. The molecule has 1 saturated heterocycles. The summed E-state index contributed by atoms with van der Waals surface area (Å²) in [5, 5.41) is 6.58. The number of halogens is 2. The molecule has 0 saturated carbocycles. The minimum Gasteiger partial charge on any atom is -0.366 e. The Labute approximate surface area is 176 Å². The number of hydrogen-bond donors (Lipinski definition) is 2. The highest BCUT2D eigenvalue weighted by molar-refractivity contribution is 6.31. The molecule has 2 atom stereocenters. The molecule has 0 bridgehead atoms. The smallest absolute Gasteiger partial charge is 0.329 e. The van der Waals surface area contributed by atoms with Crippen molar-refractivity contribution in [2.75, 3.05) is 17.3 Å². The third-order valence-corrected chi connectivity index (χ3v) is 5.34. The molecule has 1 fully saturated rings. The molecule has 2 aliphatic rings. The second-order valence-electron chi connectivity index (χ2n) is 6.73. The van der Waals surface area contributed by atoms with Crippen LogP contribution in [0.25, 0.3) is 0 Å². The summed E-state index contributed by atoms with van der Waals surface area (Å²) in [5.41, 5.74) is 1.26. The second kappa shape index (κ2) is 7.42. The first-order chi connectivity index (χ1) is 13.8. The first kappa shape index (κ1) is 19.3.